The van der Waals surface area contributed by atoms with Crippen LogP contribution >= 0.6 is 0 Å². The molecule has 8 heteroatoms. The molecule has 0 spiro atoms. The average Bonchev–Trinajstić information content (AvgIpc) is 3.34. The van der Waals surface area contributed by atoms with Crippen molar-refractivity contribution in [2.45, 2.75) is 19.9 Å². The molecule has 2 aromatic carbocycles. The standard InChI is InChI=1S/C23H29N7O/c1-16-7-9-17(10-8-16)14-29(2)15-20-11-19(20)13-24-23(31)25-21-6-4-5-18(12-21)22-26-27-28-30(22)3/h4-10,12,19-20H,11,13-15H2,1-3H3,(H2,24,25,31). The molecular weight excluding hydrogens is 390 g/mol. The summed E-state index contributed by atoms with van der Waals surface area (Å²) in [7, 11) is 3.95. The van der Waals surface area contributed by atoms with Gasteiger partial charge in [-0.2, -0.15) is 0 Å². The monoisotopic (exact) mass is 419 g/mol. The molecule has 0 aliphatic heterocycles. The van der Waals surface area contributed by atoms with Crippen LogP contribution in [0.1, 0.15) is 17.5 Å². The number of tetrazole rings is 1. The molecule has 1 aliphatic rings. The first-order valence-corrected chi connectivity index (χ1v) is 10.6. The van der Waals surface area contributed by atoms with Crippen LogP contribution in [0.15, 0.2) is 48.5 Å². The van der Waals surface area contributed by atoms with Gasteiger partial charge in [-0.3, -0.25) is 0 Å². The molecule has 3 aromatic rings. The highest BCUT2D eigenvalue weighted by atomic mass is 16.2. The first-order valence-electron chi connectivity index (χ1n) is 10.6. The Morgan fingerprint density at radius 1 is 1.19 bits per heavy atom. The van der Waals surface area contributed by atoms with E-state index in [4.69, 9.17) is 0 Å². The minimum atomic E-state index is -0.188. The Hall–Kier alpha value is -3.26. The molecule has 2 unspecified atom stereocenters. The van der Waals surface area contributed by atoms with Crippen molar-refractivity contribution in [1.82, 2.24) is 30.4 Å². The number of carbonyl (C=O) groups excluding carboxylic acids is 1. The van der Waals surface area contributed by atoms with Gasteiger partial charge < -0.3 is 15.5 Å². The van der Waals surface area contributed by atoms with E-state index in [0.717, 1.165) is 25.1 Å². The predicted molar refractivity (Wildman–Crippen MR) is 120 cm³/mol. The highest BCUT2D eigenvalue weighted by Gasteiger charge is 2.37. The van der Waals surface area contributed by atoms with E-state index in [1.165, 1.54) is 11.1 Å². The van der Waals surface area contributed by atoms with Crippen LogP contribution in [0.2, 0.25) is 0 Å². The SMILES string of the molecule is Cc1ccc(CN(C)CC2CC2CNC(=O)Nc2cccc(-c3nnnn3C)c2)cc1. The first kappa shape index (κ1) is 21.0. The largest absolute Gasteiger partial charge is 0.338 e. The Morgan fingerprint density at radius 2 is 2.00 bits per heavy atom. The lowest BCUT2D eigenvalue weighted by atomic mass is 10.1. The van der Waals surface area contributed by atoms with Crippen LogP contribution < -0.4 is 10.6 Å². The van der Waals surface area contributed by atoms with E-state index < -0.39 is 0 Å². The van der Waals surface area contributed by atoms with Crippen molar-refractivity contribution < 1.29 is 4.79 Å². The fourth-order valence-electron chi connectivity index (χ4n) is 3.86. The van der Waals surface area contributed by atoms with Crippen LogP contribution in [0.3, 0.4) is 0 Å². The quantitative estimate of drug-likeness (QED) is 0.586. The van der Waals surface area contributed by atoms with Gasteiger partial charge in [-0.25, -0.2) is 9.48 Å². The number of rotatable bonds is 8. The maximum Gasteiger partial charge on any atom is 0.319 e. The third-order valence-corrected chi connectivity index (χ3v) is 5.71. The number of nitrogens with zero attached hydrogens (tertiary/aromatic N) is 5. The second-order valence-corrected chi connectivity index (χ2v) is 8.48. The lowest BCUT2D eigenvalue weighted by Crippen LogP contribution is -2.31. The van der Waals surface area contributed by atoms with Gasteiger partial charge in [-0.1, -0.05) is 42.0 Å². The summed E-state index contributed by atoms with van der Waals surface area (Å²) in [6.07, 6.45) is 1.16. The smallest absolute Gasteiger partial charge is 0.319 e. The third-order valence-electron chi connectivity index (χ3n) is 5.71. The van der Waals surface area contributed by atoms with Crippen LogP contribution in [-0.2, 0) is 13.6 Å². The van der Waals surface area contributed by atoms with E-state index in [1.54, 1.807) is 11.7 Å². The zero-order valence-corrected chi connectivity index (χ0v) is 18.2. The van der Waals surface area contributed by atoms with Crippen molar-refractivity contribution in [1.29, 1.82) is 0 Å². The number of anilines is 1. The van der Waals surface area contributed by atoms with E-state index in [0.29, 0.717) is 29.9 Å². The van der Waals surface area contributed by atoms with E-state index in [2.05, 4.69) is 69.3 Å². The van der Waals surface area contributed by atoms with Crippen molar-refractivity contribution in [3.63, 3.8) is 0 Å². The van der Waals surface area contributed by atoms with Crippen LogP contribution in [0.5, 0.6) is 0 Å². The number of urea groups is 1. The second kappa shape index (κ2) is 9.26. The summed E-state index contributed by atoms with van der Waals surface area (Å²) in [6, 6.07) is 16.0. The number of aromatic nitrogens is 4. The Kier molecular flexibility index (Phi) is 6.27. The van der Waals surface area contributed by atoms with Gasteiger partial charge in [-0.15, -0.1) is 5.10 Å². The molecule has 0 bridgehead atoms. The molecule has 2 N–H and O–H groups in total. The van der Waals surface area contributed by atoms with Crippen LogP contribution in [0.4, 0.5) is 10.5 Å². The summed E-state index contributed by atoms with van der Waals surface area (Å²) in [5, 5.41) is 17.4. The van der Waals surface area contributed by atoms with Gasteiger partial charge >= 0.3 is 6.03 Å². The zero-order valence-electron chi connectivity index (χ0n) is 18.2. The van der Waals surface area contributed by atoms with E-state index in [1.807, 2.05) is 24.3 Å². The number of aryl methyl sites for hydroxylation is 2. The fraction of sp³-hybridized carbons (Fsp3) is 0.391. The van der Waals surface area contributed by atoms with Crippen molar-refractivity contribution >= 4 is 11.7 Å². The molecule has 0 saturated heterocycles. The number of hydrogen-bond acceptors (Lipinski definition) is 5. The summed E-state index contributed by atoms with van der Waals surface area (Å²) in [5.74, 6) is 1.84. The van der Waals surface area contributed by atoms with Crippen molar-refractivity contribution in [2.24, 2.45) is 18.9 Å². The predicted octanol–water partition coefficient (Wildman–Crippen LogP) is 3.08. The lowest BCUT2D eigenvalue weighted by molar-refractivity contribution is 0.251. The molecule has 1 fully saturated rings. The summed E-state index contributed by atoms with van der Waals surface area (Å²) in [5.41, 5.74) is 4.19. The van der Waals surface area contributed by atoms with Gasteiger partial charge in [0.2, 0.25) is 0 Å². The molecule has 4 rings (SSSR count). The highest BCUT2D eigenvalue weighted by Crippen LogP contribution is 2.38. The Labute approximate surface area is 182 Å². The summed E-state index contributed by atoms with van der Waals surface area (Å²) >= 11 is 0. The molecule has 0 radical (unpaired) electrons. The highest BCUT2D eigenvalue weighted by molar-refractivity contribution is 5.89. The van der Waals surface area contributed by atoms with Gasteiger partial charge in [0.15, 0.2) is 5.82 Å². The molecule has 1 aliphatic carbocycles. The molecule has 8 nitrogen and oxygen atoms in total. The van der Waals surface area contributed by atoms with Gasteiger partial charge in [0.25, 0.3) is 0 Å². The Bertz CT molecular complexity index is 1030. The van der Waals surface area contributed by atoms with Crippen LogP contribution in [-0.4, -0.2) is 51.3 Å². The number of carbonyl (C=O) groups is 1. The van der Waals surface area contributed by atoms with E-state index in [9.17, 15) is 4.79 Å². The molecule has 2 atom stereocenters. The maximum absolute atomic E-state index is 12.3. The van der Waals surface area contributed by atoms with E-state index >= 15 is 0 Å². The van der Waals surface area contributed by atoms with Gasteiger partial charge in [0, 0.05) is 37.9 Å². The van der Waals surface area contributed by atoms with Gasteiger partial charge in [-0.05, 0) is 60.4 Å². The zero-order chi connectivity index (χ0) is 21.8. The molecule has 1 aromatic heterocycles. The Balaban J connectivity index is 1.20. The number of hydrogen-bond donors (Lipinski definition) is 2. The molecular formula is C23H29N7O. The molecule has 162 valence electrons. The molecule has 1 saturated carbocycles. The lowest BCUT2D eigenvalue weighted by Gasteiger charge is -2.17. The summed E-state index contributed by atoms with van der Waals surface area (Å²) in [4.78, 5) is 14.7. The fourth-order valence-corrected chi connectivity index (χ4v) is 3.86. The average molecular weight is 420 g/mol. The first-order chi connectivity index (χ1) is 15.0. The third kappa shape index (κ3) is 5.67. The normalized spacial score (nSPS) is 17.5. The number of benzene rings is 2. The second-order valence-electron chi connectivity index (χ2n) is 8.48. The van der Waals surface area contributed by atoms with Crippen molar-refractivity contribution in [3.05, 3.63) is 59.7 Å². The molecule has 1 heterocycles. The van der Waals surface area contributed by atoms with Gasteiger partial charge in [0.05, 0.1) is 0 Å². The minimum absolute atomic E-state index is 0.188. The van der Waals surface area contributed by atoms with Crippen molar-refractivity contribution in [3.8, 4) is 11.4 Å². The molecule has 2 amide bonds. The van der Waals surface area contributed by atoms with Gasteiger partial charge in [0.1, 0.15) is 0 Å². The minimum Gasteiger partial charge on any atom is -0.338 e. The molecule has 31 heavy (non-hydrogen) atoms. The summed E-state index contributed by atoms with van der Waals surface area (Å²) in [6.45, 7) is 4.81. The van der Waals surface area contributed by atoms with Crippen LogP contribution in [0, 0.1) is 18.8 Å². The number of nitrogens with one attached hydrogen (secondary N) is 2. The Morgan fingerprint density at radius 3 is 2.74 bits per heavy atom. The van der Waals surface area contributed by atoms with Crippen LogP contribution in [0.25, 0.3) is 11.4 Å². The van der Waals surface area contributed by atoms with Crippen molar-refractivity contribution in [2.75, 3.05) is 25.5 Å². The van der Waals surface area contributed by atoms with E-state index in [-0.39, 0.29) is 6.03 Å². The maximum atomic E-state index is 12.3. The topological polar surface area (TPSA) is 88.0 Å². The number of amides is 2. The summed E-state index contributed by atoms with van der Waals surface area (Å²) < 4.78 is 1.60.